The Bertz CT molecular complexity index is 432. The average molecular weight is 282 g/mol. The molecule has 0 spiro atoms. The van der Waals surface area contributed by atoms with E-state index in [0.29, 0.717) is 5.56 Å². The molecule has 0 amide bonds. The van der Waals surface area contributed by atoms with Crippen molar-refractivity contribution in [1.82, 2.24) is 4.90 Å². The van der Waals surface area contributed by atoms with E-state index in [4.69, 9.17) is 5.73 Å². The first-order valence-electron chi connectivity index (χ1n) is 7.50. The number of hydrogen-bond acceptors (Lipinski definition) is 2. The average Bonchev–Trinajstić information content (AvgIpc) is 2.89. The summed E-state index contributed by atoms with van der Waals surface area (Å²) in [7, 11) is 0. The Morgan fingerprint density at radius 2 is 1.60 bits per heavy atom. The van der Waals surface area contributed by atoms with Crippen LogP contribution in [-0.4, -0.2) is 23.5 Å². The summed E-state index contributed by atoms with van der Waals surface area (Å²) in [6.07, 6.45) is 4.24. The number of benzene rings is 1. The minimum Gasteiger partial charge on any atom is -0.322 e. The number of nitrogens with zero attached hydrogens (tertiary/aromatic N) is 1. The molecule has 0 heterocycles. The van der Waals surface area contributed by atoms with E-state index in [1.54, 1.807) is 0 Å². The van der Waals surface area contributed by atoms with E-state index in [2.05, 4.69) is 18.7 Å². The van der Waals surface area contributed by atoms with E-state index >= 15 is 0 Å². The zero-order valence-corrected chi connectivity index (χ0v) is 12.3. The molecule has 1 unspecified atom stereocenters. The molecule has 2 N–H and O–H groups in total. The molecular formula is C16H24F2N2. The van der Waals surface area contributed by atoms with Gasteiger partial charge in [0.1, 0.15) is 11.6 Å². The minimum atomic E-state index is -0.553. The first kappa shape index (κ1) is 15.4. The van der Waals surface area contributed by atoms with Crippen LogP contribution in [0.1, 0.15) is 51.1 Å². The van der Waals surface area contributed by atoms with E-state index in [-0.39, 0.29) is 11.6 Å². The molecule has 0 saturated heterocycles. The lowest BCUT2D eigenvalue weighted by molar-refractivity contribution is 0.0768. The van der Waals surface area contributed by atoms with Gasteiger partial charge in [-0.25, -0.2) is 8.78 Å². The fraction of sp³-hybridized carbons (Fsp3) is 0.625. The third-order valence-electron chi connectivity index (χ3n) is 4.69. The normalized spacial score (nSPS) is 19.5. The molecule has 1 atom stereocenters. The third-order valence-corrected chi connectivity index (χ3v) is 4.69. The Kier molecular flexibility index (Phi) is 4.76. The Hall–Kier alpha value is -1.00. The fourth-order valence-electron chi connectivity index (χ4n) is 3.73. The van der Waals surface area contributed by atoms with E-state index < -0.39 is 11.6 Å². The predicted octanol–water partition coefficient (Wildman–Crippen LogP) is 3.62. The summed E-state index contributed by atoms with van der Waals surface area (Å²) in [4.78, 5) is 2.35. The molecule has 0 aromatic heterocycles. The van der Waals surface area contributed by atoms with Gasteiger partial charge in [0, 0.05) is 17.6 Å². The standard InChI is InChI=1S/C16H24F2N2/c1-3-20(4-2)16(7-5-6-8-16)15(19)12-9-13(17)11-14(18)10-12/h9-11,15H,3-8,19H2,1-2H3. The van der Waals surface area contributed by atoms with Crippen LogP contribution in [-0.2, 0) is 0 Å². The van der Waals surface area contributed by atoms with Crippen LogP contribution < -0.4 is 5.73 Å². The van der Waals surface area contributed by atoms with Crippen LogP contribution in [0.15, 0.2) is 18.2 Å². The predicted molar refractivity (Wildman–Crippen MR) is 77.4 cm³/mol. The largest absolute Gasteiger partial charge is 0.322 e. The van der Waals surface area contributed by atoms with Crippen molar-refractivity contribution in [3.63, 3.8) is 0 Å². The Labute approximate surface area is 120 Å². The van der Waals surface area contributed by atoms with Gasteiger partial charge in [0.15, 0.2) is 0 Å². The van der Waals surface area contributed by atoms with Crippen LogP contribution in [0.5, 0.6) is 0 Å². The van der Waals surface area contributed by atoms with Crippen molar-refractivity contribution in [2.24, 2.45) is 5.73 Å². The molecule has 112 valence electrons. The molecule has 0 radical (unpaired) electrons. The first-order chi connectivity index (χ1) is 9.53. The first-order valence-corrected chi connectivity index (χ1v) is 7.50. The van der Waals surface area contributed by atoms with Crippen molar-refractivity contribution in [2.75, 3.05) is 13.1 Å². The summed E-state index contributed by atoms with van der Waals surface area (Å²) in [6.45, 7) is 6.04. The van der Waals surface area contributed by atoms with Crippen molar-refractivity contribution >= 4 is 0 Å². The van der Waals surface area contributed by atoms with Crippen LogP contribution in [0.3, 0.4) is 0 Å². The second-order valence-electron chi connectivity index (χ2n) is 5.66. The molecule has 0 aliphatic heterocycles. The second kappa shape index (κ2) is 6.19. The van der Waals surface area contributed by atoms with Gasteiger partial charge in [-0.3, -0.25) is 4.90 Å². The van der Waals surface area contributed by atoms with Gasteiger partial charge in [-0.05, 0) is 43.6 Å². The molecule has 4 heteroatoms. The zero-order chi connectivity index (χ0) is 14.8. The molecule has 2 rings (SSSR count). The quantitative estimate of drug-likeness (QED) is 0.893. The highest BCUT2D eigenvalue weighted by molar-refractivity contribution is 5.25. The van der Waals surface area contributed by atoms with Gasteiger partial charge in [-0.1, -0.05) is 26.7 Å². The number of likely N-dealkylation sites (N-methyl/N-ethyl adjacent to an activating group) is 1. The van der Waals surface area contributed by atoms with E-state index in [1.165, 1.54) is 12.1 Å². The second-order valence-corrected chi connectivity index (χ2v) is 5.66. The molecule has 1 aliphatic rings. The highest BCUT2D eigenvalue weighted by atomic mass is 19.1. The van der Waals surface area contributed by atoms with Crippen molar-refractivity contribution in [3.05, 3.63) is 35.4 Å². The van der Waals surface area contributed by atoms with Gasteiger partial charge in [-0.15, -0.1) is 0 Å². The summed E-state index contributed by atoms with van der Waals surface area (Å²) in [6, 6.07) is 3.29. The van der Waals surface area contributed by atoms with Crippen molar-refractivity contribution in [1.29, 1.82) is 0 Å². The van der Waals surface area contributed by atoms with Gasteiger partial charge in [0.2, 0.25) is 0 Å². The highest BCUT2D eigenvalue weighted by Gasteiger charge is 2.44. The molecule has 1 aromatic carbocycles. The molecule has 1 fully saturated rings. The Morgan fingerprint density at radius 1 is 1.10 bits per heavy atom. The topological polar surface area (TPSA) is 29.3 Å². The maximum Gasteiger partial charge on any atom is 0.126 e. The maximum absolute atomic E-state index is 13.5. The SMILES string of the molecule is CCN(CC)C1(C(N)c2cc(F)cc(F)c2)CCCC1. The van der Waals surface area contributed by atoms with Crippen LogP contribution in [0, 0.1) is 11.6 Å². The summed E-state index contributed by atoms with van der Waals surface area (Å²) in [5.74, 6) is -1.11. The minimum absolute atomic E-state index is 0.163. The lowest BCUT2D eigenvalue weighted by atomic mass is 9.82. The van der Waals surface area contributed by atoms with Crippen LogP contribution in [0.25, 0.3) is 0 Å². The fourth-order valence-corrected chi connectivity index (χ4v) is 3.73. The van der Waals surface area contributed by atoms with Crippen molar-refractivity contribution < 1.29 is 8.78 Å². The summed E-state index contributed by atoms with van der Waals surface area (Å²) < 4.78 is 26.9. The highest BCUT2D eigenvalue weighted by Crippen LogP contribution is 2.43. The lowest BCUT2D eigenvalue weighted by Gasteiger charge is -2.45. The summed E-state index contributed by atoms with van der Waals surface area (Å²) in [5, 5.41) is 0. The number of nitrogens with two attached hydrogens (primary N) is 1. The monoisotopic (exact) mass is 282 g/mol. The molecule has 20 heavy (non-hydrogen) atoms. The number of hydrogen-bond donors (Lipinski definition) is 1. The van der Waals surface area contributed by atoms with E-state index in [0.717, 1.165) is 44.8 Å². The molecular weight excluding hydrogens is 258 g/mol. The zero-order valence-electron chi connectivity index (χ0n) is 12.3. The summed E-state index contributed by atoms with van der Waals surface area (Å²) >= 11 is 0. The van der Waals surface area contributed by atoms with Crippen molar-refractivity contribution in [2.45, 2.75) is 51.1 Å². The lowest BCUT2D eigenvalue weighted by Crippen LogP contribution is -2.53. The van der Waals surface area contributed by atoms with E-state index in [1.807, 2.05) is 0 Å². The smallest absolute Gasteiger partial charge is 0.126 e. The molecule has 1 aromatic rings. The Balaban J connectivity index is 2.38. The molecule has 1 aliphatic carbocycles. The van der Waals surface area contributed by atoms with Gasteiger partial charge < -0.3 is 5.73 Å². The van der Waals surface area contributed by atoms with E-state index in [9.17, 15) is 8.78 Å². The third kappa shape index (κ3) is 2.72. The van der Waals surface area contributed by atoms with Crippen molar-refractivity contribution in [3.8, 4) is 0 Å². The summed E-state index contributed by atoms with van der Waals surface area (Å²) in [5.41, 5.74) is 6.85. The van der Waals surface area contributed by atoms with Gasteiger partial charge in [-0.2, -0.15) is 0 Å². The van der Waals surface area contributed by atoms with Crippen LogP contribution in [0.4, 0.5) is 8.78 Å². The number of rotatable bonds is 5. The number of halogens is 2. The van der Waals surface area contributed by atoms with Gasteiger partial charge in [0.25, 0.3) is 0 Å². The molecule has 0 bridgehead atoms. The maximum atomic E-state index is 13.5. The molecule has 2 nitrogen and oxygen atoms in total. The van der Waals surface area contributed by atoms with Gasteiger partial charge in [0.05, 0.1) is 0 Å². The Morgan fingerprint density at radius 3 is 2.05 bits per heavy atom. The van der Waals surface area contributed by atoms with Crippen LogP contribution in [0.2, 0.25) is 0 Å². The molecule has 1 saturated carbocycles. The van der Waals surface area contributed by atoms with Crippen LogP contribution >= 0.6 is 0 Å². The van der Waals surface area contributed by atoms with Gasteiger partial charge >= 0.3 is 0 Å².